The molecule has 1 rings (SSSR count). The SMILES string of the molecule is Cc1cc([N+](=O)[O-])c(Cl)c(S(N)(=O)=O)c1. The molecule has 1 aromatic carbocycles. The number of benzene rings is 1. The minimum absolute atomic E-state index is 0.398. The van der Waals surface area contributed by atoms with Gasteiger partial charge in [-0.2, -0.15) is 0 Å². The molecule has 0 heterocycles. The molecule has 0 aliphatic heterocycles. The molecule has 0 atom stereocenters. The molecule has 8 heteroatoms. The third kappa shape index (κ3) is 2.44. The Morgan fingerprint density at radius 2 is 2.00 bits per heavy atom. The van der Waals surface area contributed by atoms with E-state index in [0.29, 0.717) is 5.56 Å². The summed E-state index contributed by atoms with van der Waals surface area (Å²) in [4.78, 5) is 9.34. The van der Waals surface area contributed by atoms with E-state index in [1.54, 1.807) is 0 Å². The molecule has 0 spiro atoms. The summed E-state index contributed by atoms with van der Waals surface area (Å²) in [5.41, 5.74) is -0.0733. The van der Waals surface area contributed by atoms with Gasteiger partial charge < -0.3 is 0 Å². The Morgan fingerprint density at radius 3 is 2.40 bits per heavy atom. The molecule has 0 saturated heterocycles. The van der Waals surface area contributed by atoms with Crippen LogP contribution in [0.3, 0.4) is 0 Å². The Labute approximate surface area is 90.9 Å². The smallest absolute Gasteiger partial charge is 0.258 e. The van der Waals surface area contributed by atoms with Crippen molar-refractivity contribution in [2.75, 3.05) is 0 Å². The zero-order chi connectivity index (χ0) is 11.8. The first kappa shape index (κ1) is 11.9. The van der Waals surface area contributed by atoms with E-state index in [-0.39, 0.29) is 0 Å². The highest BCUT2D eigenvalue weighted by atomic mass is 35.5. The van der Waals surface area contributed by atoms with Gasteiger partial charge in [-0.1, -0.05) is 11.6 Å². The Morgan fingerprint density at radius 1 is 1.47 bits per heavy atom. The van der Waals surface area contributed by atoms with Crippen molar-refractivity contribution in [1.29, 1.82) is 0 Å². The number of nitro groups is 1. The van der Waals surface area contributed by atoms with E-state index in [9.17, 15) is 18.5 Å². The third-order valence-electron chi connectivity index (χ3n) is 1.67. The Kier molecular flexibility index (Phi) is 2.98. The lowest BCUT2D eigenvalue weighted by Crippen LogP contribution is -2.13. The fourth-order valence-corrected chi connectivity index (χ4v) is 2.26. The van der Waals surface area contributed by atoms with E-state index in [1.807, 2.05) is 0 Å². The van der Waals surface area contributed by atoms with Crippen LogP contribution in [0.15, 0.2) is 17.0 Å². The first-order valence-electron chi connectivity index (χ1n) is 3.71. The lowest BCUT2D eigenvalue weighted by Gasteiger charge is -2.03. The second-order valence-corrected chi connectivity index (χ2v) is 4.81. The molecule has 0 aromatic heterocycles. The maximum absolute atomic E-state index is 11.1. The van der Waals surface area contributed by atoms with Gasteiger partial charge in [-0.05, 0) is 18.6 Å². The summed E-state index contributed by atoms with van der Waals surface area (Å²) >= 11 is 5.56. The van der Waals surface area contributed by atoms with Gasteiger partial charge >= 0.3 is 0 Å². The molecule has 2 N–H and O–H groups in total. The Balaban J connectivity index is 3.63. The van der Waals surface area contributed by atoms with E-state index >= 15 is 0 Å². The summed E-state index contributed by atoms with van der Waals surface area (Å²) in [7, 11) is -4.05. The fourth-order valence-electron chi connectivity index (χ4n) is 1.06. The predicted molar refractivity (Wildman–Crippen MR) is 54.2 cm³/mol. The number of rotatable bonds is 2. The first-order chi connectivity index (χ1) is 6.73. The van der Waals surface area contributed by atoms with E-state index in [1.165, 1.54) is 19.1 Å². The highest BCUT2D eigenvalue weighted by molar-refractivity contribution is 7.89. The molecule has 15 heavy (non-hydrogen) atoms. The summed E-state index contributed by atoms with van der Waals surface area (Å²) in [6, 6.07) is 2.36. The molecule has 0 amide bonds. The van der Waals surface area contributed by atoms with Gasteiger partial charge in [-0.3, -0.25) is 10.1 Å². The molecule has 0 unspecified atom stereocenters. The van der Waals surface area contributed by atoms with Crippen molar-refractivity contribution in [3.8, 4) is 0 Å². The van der Waals surface area contributed by atoms with Crippen LogP contribution >= 0.6 is 11.6 Å². The maximum Gasteiger partial charge on any atom is 0.289 e. The number of aryl methyl sites for hydroxylation is 1. The quantitative estimate of drug-likeness (QED) is 0.629. The summed E-state index contributed by atoms with van der Waals surface area (Å²) in [6.07, 6.45) is 0. The normalized spacial score (nSPS) is 11.4. The molecule has 0 bridgehead atoms. The third-order valence-corrected chi connectivity index (χ3v) is 3.11. The first-order valence-corrected chi connectivity index (χ1v) is 5.63. The van der Waals surface area contributed by atoms with Gasteiger partial charge in [0.1, 0.15) is 9.92 Å². The number of hydrogen-bond acceptors (Lipinski definition) is 4. The van der Waals surface area contributed by atoms with E-state index in [4.69, 9.17) is 16.7 Å². The van der Waals surface area contributed by atoms with E-state index in [2.05, 4.69) is 0 Å². The van der Waals surface area contributed by atoms with Crippen molar-refractivity contribution in [2.24, 2.45) is 5.14 Å². The Hall–Kier alpha value is -1.18. The Bertz CT molecular complexity index is 526. The van der Waals surface area contributed by atoms with Crippen LogP contribution in [-0.2, 0) is 10.0 Å². The van der Waals surface area contributed by atoms with Crippen molar-refractivity contribution >= 4 is 27.3 Å². The summed E-state index contributed by atoms with van der Waals surface area (Å²) < 4.78 is 22.1. The summed E-state index contributed by atoms with van der Waals surface area (Å²) in [6.45, 7) is 1.51. The number of hydrogen-bond donors (Lipinski definition) is 1. The van der Waals surface area contributed by atoms with Crippen LogP contribution in [0.25, 0.3) is 0 Å². The average Bonchev–Trinajstić information content (AvgIpc) is 2.06. The van der Waals surface area contributed by atoms with Crippen LogP contribution in [0, 0.1) is 17.0 Å². The number of sulfonamides is 1. The van der Waals surface area contributed by atoms with Gasteiger partial charge in [-0.25, -0.2) is 13.6 Å². The number of primary sulfonamides is 1. The second-order valence-electron chi connectivity index (χ2n) is 2.90. The number of nitro benzene ring substituents is 1. The van der Waals surface area contributed by atoms with Crippen molar-refractivity contribution in [3.05, 3.63) is 32.8 Å². The molecule has 0 aliphatic carbocycles. The number of nitrogens with two attached hydrogens (primary N) is 1. The van der Waals surface area contributed by atoms with Crippen LogP contribution in [0.5, 0.6) is 0 Å². The minimum Gasteiger partial charge on any atom is -0.258 e. The molecule has 0 radical (unpaired) electrons. The van der Waals surface area contributed by atoms with Gasteiger partial charge in [0.05, 0.1) is 4.92 Å². The van der Waals surface area contributed by atoms with Gasteiger partial charge in [0, 0.05) is 6.07 Å². The van der Waals surface area contributed by atoms with Crippen molar-refractivity contribution < 1.29 is 13.3 Å². The maximum atomic E-state index is 11.1. The zero-order valence-electron chi connectivity index (χ0n) is 7.60. The van der Waals surface area contributed by atoms with Crippen LogP contribution in [0.1, 0.15) is 5.56 Å². The highest BCUT2D eigenvalue weighted by Gasteiger charge is 2.22. The van der Waals surface area contributed by atoms with Crippen molar-refractivity contribution in [1.82, 2.24) is 0 Å². The second kappa shape index (κ2) is 3.76. The van der Waals surface area contributed by atoms with Gasteiger partial charge in [0.25, 0.3) is 5.69 Å². The fraction of sp³-hybridized carbons (Fsp3) is 0.143. The highest BCUT2D eigenvalue weighted by Crippen LogP contribution is 2.31. The van der Waals surface area contributed by atoms with Crippen molar-refractivity contribution in [2.45, 2.75) is 11.8 Å². The average molecular weight is 251 g/mol. The van der Waals surface area contributed by atoms with Crippen LogP contribution in [-0.4, -0.2) is 13.3 Å². The number of nitrogens with zero attached hydrogens (tertiary/aromatic N) is 1. The zero-order valence-corrected chi connectivity index (χ0v) is 9.17. The minimum atomic E-state index is -4.05. The molecule has 0 saturated carbocycles. The van der Waals surface area contributed by atoms with Gasteiger partial charge in [-0.15, -0.1) is 0 Å². The summed E-state index contributed by atoms with van der Waals surface area (Å²) in [5, 5.41) is 14.9. The number of halogens is 1. The predicted octanol–water partition coefficient (Wildman–Crippen LogP) is 1.20. The van der Waals surface area contributed by atoms with Gasteiger partial charge in [0.2, 0.25) is 10.0 Å². The van der Waals surface area contributed by atoms with E-state index in [0.717, 1.165) is 0 Å². The van der Waals surface area contributed by atoms with E-state index < -0.39 is 30.6 Å². The summed E-state index contributed by atoms with van der Waals surface area (Å²) in [5.74, 6) is 0. The topological polar surface area (TPSA) is 103 Å². The molecular weight excluding hydrogens is 244 g/mol. The molecule has 0 fully saturated rings. The lowest BCUT2D eigenvalue weighted by molar-refractivity contribution is -0.385. The van der Waals surface area contributed by atoms with Crippen molar-refractivity contribution in [3.63, 3.8) is 0 Å². The van der Waals surface area contributed by atoms with Crippen LogP contribution in [0.4, 0.5) is 5.69 Å². The largest absolute Gasteiger partial charge is 0.289 e. The molecule has 0 aliphatic rings. The van der Waals surface area contributed by atoms with Crippen LogP contribution < -0.4 is 5.14 Å². The molecule has 1 aromatic rings. The van der Waals surface area contributed by atoms with Gasteiger partial charge in [0.15, 0.2) is 0 Å². The van der Waals surface area contributed by atoms with Crippen LogP contribution in [0.2, 0.25) is 5.02 Å². The standard InChI is InChI=1S/C7H7ClN2O4S/c1-4-2-5(10(11)12)7(8)6(3-4)15(9,13)14/h2-3H,1H3,(H2,9,13,14). The molecular formula is C7H7ClN2O4S. The monoisotopic (exact) mass is 250 g/mol. The molecule has 82 valence electrons. The lowest BCUT2D eigenvalue weighted by atomic mass is 10.2. The molecule has 6 nitrogen and oxygen atoms in total.